The van der Waals surface area contributed by atoms with Crippen LogP contribution >= 0.6 is 0 Å². The highest BCUT2D eigenvalue weighted by molar-refractivity contribution is 5.50. The predicted octanol–water partition coefficient (Wildman–Crippen LogP) is 2.25. The van der Waals surface area contributed by atoms with E-state index in [0.717, 1.165) is 17.9 Å². The van der Waals surface area contributed by atoms with Crippen molar-refractivity contribution >= 4 is 0 Å². The molecule has 1 aliphatic carbocycles. The first-order valence-corrected chi connectivity index (χ1v) is 5.58. The van der Waals surface area contributed by atoms with Gasteiger partial charge >= 0.3 is 0 Å². The van der Waals surface area contributed by atoms with Crippen LogP contribution in [0.1, 0.15) is 23.6 Å². The number of fused-ring (bicyclic) bond motifs is 1. The van der Waals surface area contributed by atoms with Crippen molar-refractivity contribution in [3.05, 3.63) is 23.3 Å². The van der Waals surface area contributed by atoms with Crippen LogP contribution < -0.4 is 9.47 Å². The summed E-state index contributed by atoms with van der Waals surface area (Å²) < 4.78 is 10.7. The summed E-state index contributed by atoms with van der Waals surface area (Å²) >= 11 is 0. The van der Waals surface area contributed by atoms with Gasteiger partial charge in [-0.15, -0.1) is 0 Å². The summed E-state index contributed by atoms with van der Waals surface area (Å²) in [4.78, 5) is 2.26. The molecule has 0 radical (unpaired) electrons. The molecule has 1 unspecified atom stereocenters. The van der Waals surface area contributed by atoms with Crippen LogP contribution in [0.4, 0.5) is 0 Å². The van der Waals surface area contributed by atoms with Crippen LogP contribution in [0, 0.1) is 0 Å². The maximum Gasteiger partial charge on any atom is 0.161 e. The van der Waals surface area contributed by atoms with Crippen LogP contribution in [0.5, 0.6) is 11.5 Å². The first-order valence-electron chi connectivity index (χ1n) is 5.58. The first-order chi connectivity index (χ1) is 7.67. The smallest absolute Gasteiger partial charge is 0.161 e. The molecule has 0 amide bonds. The van der Waals surface area contributed by atoms with Gasteiger partial charge in [0.25, 0.3) is 0 Å². The summed E-state index contributed by atoms with van der Waals surface area (Å²) in [6.45, 7) is 0. The van der Waals surface area contributed by atoms with Crippen molar-refractivity contribution in [1.29, 1.82) is 0 Å². The molecule has 0 aliphatic heterocycles. The highest BCUT2D eigenvalue weighted by atomic mass is 16.5. The molecule has 16 heavy (non-hydrogen) atoms. The third-order valence-corrected chi connectivity index (χ3v) is 3.31. The molecule has 0 N–H and O–H groups in total. The Kier molecular flexibility index (Phi) is 3.06. The molecule has 0 saturated carbocycles. The molecule has 0 saturated heterocycles. The van der Waals surface area contributed by atoms with E-state index in [1.807, 2.05) is 0 Å². The molecule has 1 atom stereocenters. The first kappa shape index (κ1) is 11.3. The molecular formula is C13H19NO2. The fraction of sp³-hybridized carbons (Fsp3) is 0.538. The van der Waals surface area contributed by atoms with E-state index in [1.165, 1.54) is 17.5 Å². The third-order valence-electron chi connectivity index (χ3n) is 3.31. The fourth-order valence-electron chi connectivity index (χ4n) is 2.45. The van der Waals surface area contributed by atoms with Crippen LogP contribution in [0.2, 0.25) is 0 Å². The van der Waals surface area contributed by atoms with Crippen LogP contribution in [-0.2, 0) is 6.42 Å². The quantitative estimate of drug-likeness (QED) is 0.781. The van der Waals surface area contributed by atoms with E-state index >= 15 is 0 Å². The second-order valence-corrected chi connectivity index (χ2v) is 4.42. The number of aryl methyl sites for hydroxylation is 1. The normalized spacial score (nSPS) is 18.7. The van der Waals surface area contributed by atoms with Crippen molar-refractivity contribution < 1.29 is 9.47 Å². The lowest BCUT2D eigenvalue weighted by molar-refractivity contribution is 0.297. The van der Waals surface area contributed by atoms with Crippen molar-refractivity contribution in [2.24, 2.45) is 0 Å². The molecule has 3 heteroatoms. The summed E-state index contributed by atoms with van der Waals surface area (Å²) in [5.74, 6) is 1.66. The molecule has 0 heterocycles. The maximum atomic E-state index is 5.35. The van der Waals surface area contributed by atoms with Crippen LogP contribution in [-0.4, -0.2) is 33.2 Å². The Morgan fingerprint density at radius 3 is 2.31 bits per heavy atom. The Bertz CT molecular complexity index is 388. The molecule has 1 aliphatic rings. The zero-order valence-electron chi connectivity index (χ0n) is 10.4. The summed E-state index contributed by atoms with van der Waals surface area (Å²) in [6.07, 6.45) is 2.30. The van der Waals surface area contributed by atoms with Gasteiger partial charge in [-0.2, -0.15) is 0 Å². The van der Waals surface area contributed by atoms with Gasteiger partial charge < -0.3 is 14.4 Å². The van der Waals surface area contributed by atoms with E-state index in [4.69, 9.17) is 9.47 Å². The second-order valence-electron chi connectivity index (χ2n) is 4.42. The predicted molar refractivity (Wildman–Crippen MR) is 64.3 cm³/mol. The van der Waals surface area contributed by atoms with Crippen molar-refractivity contribution in [2.75, 3.05) is 28.3 Å². The van der Waals surface area contributed by atoms with E-state index in [2.05, 4.69) is 31.1 Å². The number of hydrogen-bond acceptors (Lipinski definition) is 3. The van der Waals surface area contributed by atoms with Gasteiger partial charge in [0, 0.05) is 6.04 Å². The number of ether oxygens (including phenoxy) is 2. The molecular weight excluding hydrogens is 202 g/mol. The Labute approximate surface area is 97.0 Å². The highest BCUT2D eigenvalue weighted by Gasteiger charge is 2.26. The van der Waals surface area contributed by atoms with E-state index < -0.39 is 0 Å². The number of benzene rings is 1. The second kappa shape index (κ2) is 4.34. The number of nitrogens with zero attached hydrogens (tertiary/aromatic N) is 1. The van der Waals surface area contributed by atoms with Crippen molar-refractivity contribution in [3.8, 4) is 11.5 Å². The molecule has 1 aromatic carbocycles. The van der Waals surface area contributed by atoms with E-state index in [1.54, 1.807) is 14.2 Å². The largest absolute Gasteiger partial charge is 0.493 e. The minimum atomic E-state index is 0.509. The molecule has 0 fully saturated rings. The van der Waals surface area contributed by atoms with Gasteiger partial charge in [-0.1, -0.05) is 0 Å². The molecule has 0 bridgehead atoms. The number of methoxy groups -OCH3 is 2. The van der Waals surface area contributed by atoms with Crippen molar-refractivity contribution in [3.63, 3.8) is 0 Å². The maximum absolute atomic E-state index is 5.35. The molecule has 0 spiro atoms. The Balaban J connectivity index is 2.44. The monoisotopic (exact) mass is 221 g/mol. The van der Waals surface area contributed by atoms with Gasteiger partial charge in [0.15, 0.2) is 11.5 Å². The lowest BCUT2D eigenvalue weighted by Crippen LogP contribution is -2.17. The molecule has 3 nitrogen and oxygen atoms in total. The minimum absolute atomic E-state index is 0.509. The van der Waals surface area contributed by atoms with Gasteiger partial charge in [0.1, 0.15) is 0 Å². The van der Waals surface area contributed by atoms with Gasteiger partial charge in [-0.3, -0.25) is 0 Å². The molecule has 1 aromatic rings. The topological polar surface area (TPSA) is 21.7 Å². The van der Waals surface area contributed by atoms with E-state index in [9.17, 15) is 0 Å². The van der Waals surface area contributed by atoms with E-state index in [0.29, 0.717) is 6.04 Å². The zero-order chi connectivity index (χ0) is 11.7. The molecule has 0 aromatic heterocycles. The van der Waals surface area contributed by atoms with Gasteiger partial charge in [0.05, 0.1) is 14.2 Å². The standard InChI is InChI=1S/C13H19NO2/c1-14(2)11-6-5-9-7-12(15-3)13(16-4)8-10(9)11/h7-8,11H,5-6H2,1-4H3. The van der Waals surface area contributed by atoms with Crippen LogP contribution in [0.3, 0.4) is 0 Å². The number of rotatable bonds is 3. The van der Waals surface area contributed by atoms with Crippen molar-refractivity contribution in [1.82, 2.24) is 4.90 Å². The van der Waals surface area contributed by atoms with Crippen molar-refractivity contribution in [2.45, 2.75) is 18.9 Å². The highest BCUT2D eigenvalue weighted by Crippen LogP contribution is 2.40. The molecule has 88 valence electrons. The lowest BCUT2D eigenvalue weighted by Gasteiger charge is -2.21. The summed E-state index contributed by atoms with van der Waals surface area (Å²) in [7, 11) is 7.61. The summed E-state index contributed by atoms with van der Waals surface area (Å²) in [6, 6.07) is 4.73. The average Bonchev–Trinajstić information content (AvgIpc) is 2.69. The van der Waals surface area contributed by atoms with Crippen LogP contribution in [0.25, 0.3) is 0 Å². The lowest BCUT2D eigenvalue weighted by atomic mass is 10.1. The number of hydrogen-bond donors (Lipinski definition) is 0. The fourth-order valence-corrected chi connectivity index (χ4v) is 2.45. The van der Waals surface area contributed by atoms with Gasteiger partial charge in [-0.25, -0.2) is 0 Å². The molecule has 2 rings (SSSR count). The SMILES string of the molecule is COc1cc2c(cc1OC)C(N(C)C)CC2. The average molecular weight is 221 g/mol. The van der Waals surface area contributed by atoms with Gasteiger partial charge in [-0.05, 0) is 50.2 Å². The zero-order valence-corrected chi connectivity index (χ0v) is 10.4. The summed E-state index contributed by atoms with van der Waals surface area (Å²) in [5, 5.41) is 0. The third kappa shape index (κ3) is 1.76. The Morgan fingerprint density at radius 1 is 1.12 bits per heavy atom. The van der Waals surface area contributed by atoms with E-state index in [-0.39, 0.29) is 0 Å². The van der Waals surface area contributed by atoms with Crippen LogP contribution in [0.15, 0.2) is 12.1 Å². The Hall–Kier alpha value is -1.22. The van der Waals surface area contributed by atoms with Gasteiger partial charge in [0.2, 0.25) is 0 Å². The Morgan fingerprint density at radius 2 is 1.75 bits per heavy atom. The minimum Gasteiger partial charge on any atom is -0.493 e. The summed E-state index contributed by atoms with van der Waals surface area (Å²) in [5.41, 5.74) is 2.76.